The fraction of sp³-hybridized carbons (Fsp3) is 0.526. The van der Waals surface area contributed by atoms with Crippen LogP contribution in [-0.2, 0) is 16.1 Å². The Bertz CT molecular complexity index is 852. The van der Waals surface area contributed by atoms with Crippen molar-refractivity contribution in [3.63, 3.8) is 0 Å². The Labute approximate surface area is 166 Å². The van der Waals surface area contributed by atoms with Gasteiger partial charge in [0.15, 0.2) is 0 Å². The Morgan fingerprint density at radius 2 is 2.04 bits per heavy atom. The average Bonchev–Trinajstić information content (AvgIpc) is 3.27. The van der Waals surface area contributed by atoms with Crippen LogP contribution in [0.15, 0.2) is 16.8 Å². The van der Waals surface area contributed by atoms with Crippen LogP contribution in [0.2, 0.25) is 0 Å². The van der Waals surface area contributed by atoms with Crippen LogP contribution in [0.25, 0.3) is 0 Å². The fourth-order valence-corrected chi connectivity index (χ4v) is 5.20. The fourth-order valence-electron chi connectivity index (χ4n) is 3.73. The van der Waals surface area contributed by atoms with Crippen molar-refractivity contribution in [3.05, 3.63) is 38.0 Å². The number of piperidine rings is 1. The highest BCUT2D eigenvalue weighted by atomic mass is 32.1. The van der Waals surface area contributed by atoms with Gasteiger partial charge < -0.3 is 14.5 Å². The minimum absolute atomic E-state index is 0.0128. The molecule has 4 heterocycles. The number of ether oxygens (including phenoxy) is 1. The van der Waals surface area contributed by atoms with Gasteiger partial charge in [0, 0.05) is 18.5 Å². The maximum atomic E-state index is 12.7. The van der Waals surface area contributed by atoms with Gasteiger partial charge in [0.2, 0.25) is 5.91 Å². The molecule has 6 nitrogen and oxygen atoms in total. The molecule has 0 atom stereocenters. The van der Waals surface area contributed by atoms with Gasteiger partial charge >= 0.3 is 0 Å². The smallest absolute Gasteiger partial charge is 0.263 e. The van der Waals surface area contributed by atoms with Crippen molar-refractivity contribution in [2.24, 2.45) is 0 Å². The number of carbonyl (C=O) groups is 2. The van der Waals surface area contributed by atoms with Gasteiger partial charge in [-0.3, -0.25) is 9.59 Å². The number of carbonyl (C=O) groups excluding carboxylic acids is 2. The van der Waals surface area contributed by atoms with Crippen molar-refractivity contribution >= 4 is 34.5 Å². The van der Waals surface area contributed by atoms with Crippen LogP contribution in [0.5, 0.6) is 0 Å². The monoisotopic (exact) mass is 405 g/mol. The van der Waals surface area contributed by atoms with Gasteiger partial charge in [-0.05, 0) is 43.7 Å². The van der Waals surface area contributed by atoms with Crippen molar-refractivity contribution in [1.82, 2.24) is 14.8 Å². The molecule has 4 rings (SSSR count). The number of hydrogen-bond acceptors (Lipinski definition) is 6. The predicted octanol–water partition coefficient (Wildman–Crippen LogP) is 2.86. The number of thiazole rings is 1. The summed E-state index contributed by atoms with van der Waals surface area (Å²) < 4.78 is 5.99. The van der Waals surface area contributed by atoms with E-state index in [0.29, 0.717) is 26.2 Å². The normalized spacial score (nSPS) is 19.7. The molecule has 0 aliphatic carbocycles. The molecule has 0 radical (unpaired) electrons. The highest BCUT2D eigenvalue weighted by molar-refractivity contribution is 7.12. The molecular formula is C19H23N3O3S2. The molecule has 27 heavy (non-hydrogen) atoms. The number of aryl methyl sites for hydroxylation is 2. The zero-order valence-electron chi connectivity index (χ0n) is 15.6. The molecule has 2 aromatic heterocycles. The molecule has 2 aliphatic heterocycles. The Hall–Kier alpha value is -1.77. The van der Waals surface area contributed by atoms with E-state index in [1.807, 2.05) is 40.5 Å². The standard InChI is InChI=1S/C19H23N3O3S2/c1-13-7-16(27-10-13)18(24)21-5-3-19(4-6-21)12-22(17(23)9-25-19)8-15-11-26-14(2)20-15/h7,10-11H,3-6,8-9,12H2,1-2H3. The summed E-state index contributed by atoms with van der Waals surface area (Å²) in [6.45, 7) is 6.51. The van der Waals surface area contributed by atoms with Gasteiger partial charge in [0.25, 0.3) is 5.91 Å². The Morgan fingerprint density at radius 3 is 2.67 bits per heavy atom. The number of thiophene rings is 1. The van der Waals surface area contributed by atoms with Crippen molar-refractivity contribution in [3.8, 4) is 0 Å². The van der Waals surface area contributed by atoms with Crippen LogP contribution in [0.4, 0.5) is 0 Å². The predicted molar refractivity (Wildman–Crippen MR) is 105 cm³/mol. The zero-order chi connectivity index (χ0) is 19.0. The Kier molecular flexibility index (Phi) is 5.05. The molecule has 2 aliphatic rings. The van der Waals surface area contributed by atoms with E-state index in [9.17, 15) is 9.59 Å². The van der Waals surface area contributed by atoms with Crippen molar-refractivity contribution in [1.29, 1.82) is 0 Å². The number of amides is 2. The van der Waals surface area contributed by atoms with E-state index in [-0.39, 0.29) is 24.0 Å². The van der Waals surface area contributed by atoms with Gasteiger partial charge in [0.1, 0.15) is 6.61 Å². The molecule has 8 heteroatoms. The third kappa shape index (κ3) is 3.93. The summed E-state index contributed by atoms with van der Waals surface area (Å²) in [4.78, 5) is 34.0. The van der Waals surface area contributed by atoms with Gasteiger partial charge in [-0.15, -0.1) is 22.7 Å². The second kappa shape index (κ2) is 7.33. The topological polar surface area (TPSA) is 62.7 Å². The largest absolute Gasteiger partial charge is 0.363 e. The summed E-state index contributed by atoms with van der Waals surface area (Å²) in [5.41, 5.74) is 1.71. The number of hydrogen-bond donors (Lipinski definition) is 0. The highest BCUT2D eigenvalue weighted by Gasteiger charge is 2.43. The van der Waals surface area contributed by atoms with Crippen molar-refractivity contribution in [2.45, 2.75) is 38.8 Å². The lowest BCUT2D eigenvalue weighted by Crippen LogP contribution is -2.59. The minimum Gasteiger partial charge on any atom is -0.363 e. The van der Waals surface area contributed by atoms with Crippen molar-refractivity contribution in [2.75, 3.05) is 26.2 Å². The number of rotatable bonds is 3. The van der Waals surface area contributed by atoms with Crippen LogP contribution in [0.1, 0.15) is 38.8 Å². The lowest BCUT2D eigenvalue weighted by atomic mass is 9.89. The van der Waals surface area contributed by atoms with Gasteiger partial charge in [-0.25, -0.2) is 4.98 Å². The molecule has 2 aromatic rings. The van der Waals surface area contributed by atoms with Crippen LogP contribution in [0.3, 0.4) is 0 Å². The molecule has 2 saturated heterocycles. The second-order valence-electron chi connectivity index (χ2n) is 7.36. The van der Waals surface area contributed by atoms with E-state index in [1.54, 1.807) is 11.3 Å². The van der Waals surface area contributed by atoms with Crippen LogP contribution < -0.4 is 0 Å². The van der Waals surface area contributed by atoms with Gasteiger partial charge in [0.05, 0.1) is 34.3 Å². The molecule has 2 amide bonds. The first-order valence-electron chi connectivity index (χ1n) is 9.11. The van der Waals surface area contributed by atoms with E-state index in [2.05, 4.69) is 4.98 Å². The molecular weight excluding hydrogens is 382 g/mol. The SMILES string of the molecule is Cc1csc(C(=O)N2CCC3(CC2)CN(Cc2csc(C)n2)C(=O)CO3)c1. The first kappa shape index (κ1) is 18.6. The number of morpholine rings is 1. The van der Waals surface area contributed by atoms with E-state index in [4.69, 9.17) is 4.74 Å². The maximum Gasteiger partial charge on any atom is 0.263 e. The lowest BCUT2D eigenvalue weighted by molar-refractivity contribution is -0.171. The summed E-state index contributed by atoms with van der Waals surface area (Å²) in [7, 11) is 0. The van der Waals surface area contributed by atoms with E-state index < -0.39 is 0 Å². The van der Waals surface area contributed by atoms with Crippen LogP contribution in [0, 0.1) is 13.8 Å². The van der Waals surface area contributed by atoms with Gasteiger partial charge in [-0.2, -0.15) is 0 Å². The zero-order valence-corrected chi connectivity index (χ0v) is 17.2. The molecule has 0 unspecified atom stereocenters. The van der Waals surface area contributed by atoms with E-state index >= 15 is 0 Å². The first-order valence-corrected chi connectivity index (χ1v) is 10.9. The molecule has 144 valence electrons. The molecule has 0 saturated carbocycles. The Balaban J connectivity index is 1.39. The number of likely N-dealkylation sites (tertiary alicyclic amines) is 1. The summed E-state index contributed by atoms with van der Waals surface area (Å²) in [5.74, 6) is 0.114. The maximum absolute atomic E-state index is 12.7. The third-order valence-corrected chi connectivity index (χ3v) is 7.11. The van der Waals surface area contributed by atoms with E-state index in [1.165, 1.54) is 11.3 Å². The summed E-state index contributed by atoms with van der Waals surface area (Å²) in [5, 5.41) is 5.03. The number of nitrogens with zero attached hydrogens (tertiary/aromatic N) is 3. The van der Waals surface area contributed by atoms with Crippen LogP contribution in [-0.4, -0.2) is 58.4 Å². The molecule has 1 spiro atoms. The highest BCUT2D eigenvalue weighted by Crippen LogP contribution is 2.32. The third-order valence-electron chi connectivity index (χ3n) is 5.26. The average molecular weight is 406 g/mol. The lowest BCUT2D eigenvalue weighted by Gasteiger charge is -2.46. The summed E-state index contributed by atoms with van der Waals surface area (Å²) in [6, 6.07) is 1.95. The van der Waals surface area contributed by atoms with Crippen molar-refractivity contribution < 1.29 is 14.3 Å². The minimum atomic E-state index is -0.346. The second-order valence-corrected chi connectivity index (χ2v) is 9.33. The molecule has 0 N–H and O–H groups in total. The number of aromatic nitrogens is 1. The summed E-state index contributed by atoms with van der Waals surface area (Å²) in [6.07, 6.45) is 1.51. The molecule has 2 fully saturated rings. The Morgan fingerprint density at radius 1 is 1.26 bits per heavy atom. The first-order chi connectivity index (χ1) is 12.9. The molecule has 0 bridgehead atoms. The van der Waals surface area contributed by atoms with Gasteiger partial charge in [-0.1, -0.05) is 0 Å². The summed E-state index contributed by atoms with van der Waals surface area (Å²) >= 11 is 3.10. The van der Waals surface area contributed by atoms with Crippen LogP contribution >= 0.6 is 22.7 Å². The molecule has 0 aromatic carbocycles. The quantitative estimate of drug-likeness (QED) is 0.788. The van der Waals surface area contributed by atoms with E-state index in [0.717, 1.165) is 34.0 Å².